The highest BCUT2D eigenvalue weighted by Gasteiger charge is 2.28. The van der Waals surface area contributed by atoms with E-state index >= 15 is 0 Å². The second kappa shape index (κ2) is 6.00. The van der Waals surface area contributed by atoms with Gasteiger partial charge in [-0.15, -0.1) is 0 Å². The summed E-state index contributed by atoms with van der Waals surface area (Å²) >= 11 is 0. The number of hydrogen-bond donors (Lipinski definition) is 0. The molecule has 1 nitrogen and oxygen atoms in total. The largest absolute Gasteiger partial charge is 0.299 e. The monoisotopic (exact) mass is 194 g/mol. The van der Waals surface area contributed by atoms with Crippen molar-refractivity contribution < 1.29 is 4.79 Å². The highest BCUT2D eigenvalue weighted by atomic mass is 16.1. The lowest BCUT2D eigenvalue weighted by atomic mass is 9.97. The molecule has 0 N–H and O–H groups in total. The van der Waals surface area contributed by atoms with Crippen LogP contribution in [0.2, 0.25) is 0 Å². The molecule has 1 fully saturated rings. The van der Waals surface area contributed by atoms with Crippen LogP contribution in [-0.4, -0.2) is 5.78 Å². The molecule has 0 saturated heterocycles. The average Bonchev–Trinajstić information content (AvgIpc) is 2.49. The van der Waals surface area contributed by atoms with Crippen molar-refractivity contribution in [3.63, 3.8) is 0 Å². The Morgan fingerprint density at radius 2 is 2.21 bits per heavy atom. The Morgan fingerprint density at radius 1 is 1.43 bits per heavy atom. The van der Waals surface area contributed by atoms with Crippen molar-refractivity contribution in [2.75, 3.05) is 0 Å². The van der Waals surface area contributed by atoms with E-state index in [0.29, 0.717) is 11.7 Å². The summed E-state index contributed by atoms with van der Waals surface area (Å²) in [4.78, 5) is 11.3. The molecule has 1 heteroatoms. The van der Waals surface area contributed by atoms with E-state index in [4.69, 9.17) is 0 Å². The van der Waals surface area contributed by atoms with Crippen LogP contribution in [0.25, 0.3) is 0 Å². The molecule has 0 aromatic carbocycles. The second-order valence-corrected chi connectivity index (χ2v) is 4.38. The first-order chi connectivity index (χ1) is 6.75. The zero-order chi connectivity index (χ0) is 10.4. The number of carbonyl (C=O) groups is 1. The van der Waals surface area contributed by atoms with Crippen LogP contribution in [0.15, 0.2) is 12.2 Å². The van der Waals surface area contributed by atoms with E-state index in [1.165, 1.54) is 25.7 Å². The molecule has 0 bridgehead atoms. The van der Waals surface area contributed by atoms with Gasteiger partial charge in [0, 0.05) is 12.3 Å². The van der Waals surface area contributed by atoms with Gasteiger partial charge in [-0.1, -0.05) is 38.8 Å². The molecule has 1 aliphatic rings. The Labute approximate surface area is 87.6 Å². The Hall–Kier alpha value is -0.590. The highest BCUT2D eigenvalue weighted by Crippen LogP contribution is 2.29. The SMILES string of the molecule is CCCCCC=CC1CCC(=O)C1C. The van der Waals surface area contributed by atoms with Gasteiger partial charge in [-0.3, -0.25) is 4.79 Å². The fraction of sp³-hybridized carbons (Fsp3) is 0.769. The molecule has 1 aliphatic carbocycles. The maximum absolute atomic E-state index is 11.3. The number of hydrogen-bond acceptors (Lipinski definition) is 1. The Balaban J connectivity index is 2.20. The molecule has 2 atom stereocenters. The number of ketones is 1. The van der Waals surface area contributed by atoms with Gasteiger partial charge in [0.15, 0.2) is 0 Å². The molecule has 1 saturated carbocycles. The van der Waals surface area contributed by atoms with Gasteiger partial charge in [0.05, 0.1) is 0 Å². The summed E-state index contributed by atoms with van der Waals surface area (Å²) in [5, 5.41) is 0. The van der Waals surface area contributed by atoms with Crippen LogP contribution < -0.4 is 0 Å². The normalized spacial score (nSPS) is 27.7. The highest BCUT2D eigenvalue weighted by molar-refractivity contribution is 5.83. The van der Waals surface area contributed by atoms with Gasteiger partial charge in [-0.25, -0.2) is 0 Å². The summed E-state index contributed by atoms with van der Waals surface area (Å²) in [5.74, 6) is 1.26. The van der Waals surface area contributed by atoms with Crippen molar-refractivity contribution in [1.29, 1.82) is 0 Å². The Bertz CT molecular complexity index is 205. The van der Waals surface area contributed by atoms with Gasteiger partial charge in [0.25, 0.3) is 0 Å². The van der Waals surface area contributed by atoms with Crippen molar-refractivity contribution in [2.45, 2.75) is 52.4 Å². The molecule has 0 heterocycles. The fourth-order valence-electron chi connectivity index (χ4n) is 2.07. The maximum Gasteiger partial charge on any atom is 0.136 e. The lowest BCUT2D eigenvalue weighted by Crippen LogP contribution is -2.07. The first kappa shape index (κ1) is 11.5. The predicted molar refractivity (Wildman–Crippen MR) is 60.2 cm³/mol. The van der Waals surface area contributed by atoms with Crippen molar-refractivity contribution in [1.82, 2.24) is 0 Å². The molecule has 80 valence electrons. The third kappa shape index (κ3) is 3.28. The van der Waals surface area contributed by atoms with Gasteiger partial charge in [-0.05, 0) is 25.2 Å². The van der Waals surface area contributed by atoms with Crippen molar-refractivity contribution >= 4 is 5.78 Å². The minimum absolute atomic E-state index is 0.275. The number of allylic oxidation sites excluding steroid dienone is 2. The number of unbranched alkanes of at least 4 members (excludes halogenated alkanes) is 3. The summed E-state index contributed by atoms with van der Waals surface area (Å²) in [5.41, 5.74) is 0. The van der Waals surface area contributed by atoms with Crippen molar-refractivity contribution in [3.8, 4) is 0 Å². The van der Waals surface area contributed by atoms with E-state index in [9.17, 15) is 4.79 Å². The fourth-order valence-corrected chi connectivity index (χ4v) is 2.07. The van der Waals surface area contributed by atoms with Gasteiger partial charge in [0.1, 0.15) is 5.78 Å². The van der Waals surface area contributed by atoms with E-state index < -0.39 is 0 Å². The van der Waals surface area contributed by atoms with Crippen LogP contribution in [0, 0.1) is 11.8 Å². The van der Waals surface area contributed by atoms with E-state index in [2.05, 4.69) is 26.0 Å². The van der Waals surface area contributed by atoms with Crippen LogP contribution in [0.1, 0.15) is 52.4 Å². The lowest BCUT2D eigenvalue weighted by molar-refractivity contribution is -0.120. The quantitative estimate of drug-likeness (QED) is 0.481. The predicted octanol–water partition coefficient (Wildman–Crippen LogP) is 3.74. The molecule has 0 radical (unpaired) electrons. The molecule has 1 rings (SSSR count). The third-order valence-electron chi connectivity index (χ3n) is 3.23. The smallest absolute Gasteiger partial charge is 0.136 e. The van der Waals surface area contributed by atoms with Crippen LogP contribution in [0.5, 0.6) is 0 Å². The van der Waals surface area contributed by atoms with E-state index in [1.54, 1.807) is 0 Å². The van der Waals surface area contributed by atoms with Gasteiger partial charge in [-0.2, -0.15) is 0 Å². The Kier molecular flexibility index (Phi) is 4.92. The van der Waals surface area contributed by atoms with Crippen LogP contribution in [0.3, 0.4) is 0 Å². The number of carbonyl (C=O) groups excluding carboxylic acids is 1. The molecule has 0 amide bonds. The van der Waals surface area contributed by atoms with Crippen LogP contribution >= 0.6 is 0 Å². The molecule has 0 aromatic rings. The van der Waals surface area contributed by atoms with Crippen molar-refractivity contribution in [2.24, 2.45) is 11.8 Å². The minimum Gasteiger partial charge on any atom is -0.299 e. The maximum atomic E-state index is 11.3. The van der Waals surface area contributed by atoms with Crippen molar-refractivity contribution in [3.05, 3.63) is 12.2 Å². The van der Waals surface area contributed by atoms with E-state index in [0.717, 1.165) is 12.8 Å². The minimum atomic E-state index is 0.275. The number of rotatable bonds is 5. The molecule has 0 spiro atoms. The summed E-state index contributed by atoms with van der Waals surface area (Å²) in [7, 11) is 0. The number of Topliss-reactive ketones (excluding diaryl/α,β-unsaturated/α-hetero) is 1. The zero-order valence-electron chi connectivity index (χ0n) is 9.46. The second-order valence-electron chi connectivity index (χ2n) is 4.38. The molecule has 0 aliphatic heterocycles. The first-order valence-corrected chi connectivity index (χ1v) is 5.95. The third-order valence-corrected chi connectivity index (χ3v) is 3.23. The zero-order valence-corrected chi connectivity index (χ0v) is 9.46. The lowest BCUT2D eigenvalue weighted by Gasteiger charge is -2.07. The summed E-state index contributed by atoms with van der Waals surface area (Å²) in [6.45, 7) is 4.29. The standard InChI is InChI=1S/C13H22O/c1-3-4-5-6-7-8-12-9-10-13(14)11(12)2/h7-8,11-12H,3-6,9-10H2,1-2H3. The van der Waals surface area contributed by atoms with Gasteiger partial charge < -0.3 is 0 Å². The molecular formula is C13H22O. The van der Waals surface area contributed by atoms with Gasteiger partial charge >= 0.3 is 0 Å². The molecular weight excluding hydrogens is 172 g/mol. The molecule has 2 unspecified atom stereocenters. The Morgan fingerprint density at radius 3 is 2.79 bits per heavy atom. The first-order valence-electron chi connectivity index (χ1n) is 5.95. The average molecular weight is 194 g/mol. The topological polar surface area (TPSA) is 17.1 Å². The van der Waals surface area contributed by atoms with E-state index in [-0.39, 0.29) is 5.92 Å². The summed E-state index contributed by atoms with van der Waals surface area (Å²) < 4.78 is 0. The van der Waals surface area contributed by atoms with Crippen LogP contribution in [-0.2, 0) is 4.79 Å². The summed E-state index contributed by atoms with van der Waals surface area (Å²) in [6.07, 6.45) is 11.5. The molecule has 14 heavy (non-hydrogen) atoms. The van der Waals surface area contributed by atoms with Crippen LogP contribution in [0.4, 0.5) is 0 Å². The summed E-state index contributed by atoms with van der Waals surface area (Å²) in [6, 6.07) is 0. The molecule has 0 aromatic heterocycles. The van der Waals surface area contributed by atoms with Gasteiger partial charge in [0.2, 0.25) is 0 Å². The van der Waals surface area contributed by atoms with E-state index in [1.807, 2.05) is 0 Å².